The van der Waals surface area contributed by atoms with Gasteiger partial charge in [-0.05, 0) is 0 Å². The first kappa shape index (κ1) is 15.7. The summed E-state index contributed by atoms with van der Waals surface area (Å²) in [5, 5.41) is 29.5. The van der Waals surface area contributed by atoms with Crippen LogP contribution in [0.1, 0.15) is 0 Å². The van der Waals surface area contributed by atoms with Crippen LogP contribution in [0.25, 0.3) is 0 Å². The quantitative estimate of drug-likeness (QED) is 0.285. The van der Waals surface area contributed by atoms with Crippen LogP contribution in [-0.2, 0) is 0 Å². The molecule has 0 amide bonds. The second kappa shape index (κ2) is 10.0. The van der Waals surface area contributed by atoms with Crippen molar-refractivity contribution in [1.29, 1.82) is 0 Å². The third kappa shape index (κ3) is 143. The number of hydrogen-bond donors (Lipinski definition) is 0. The molecule has 0 aliphatic heterocycles. The summed E-state index contributed by atoms with van der Waals surface area (Å²) in [6.07, 6.45) is 0. The van der Waals surface area contributed by atoms with Crippen LogP contribution in [-0.4, -0.2) is 27.2 Å². The zero-order chi connectivity index (χ0) is 7.15. The number of nitrogens with zero attached hydrogens (tertiary/aromatic N) is 2. The first-order valence-corrected chi connectivity index (χ1v) is 1.10. The van der Waals surface area contributed by atoms with E-state index in [1.54, 1.807) is 0 Å². The van der Waals surface area contributed by atoms with Crippen LogP contribution in [0.5, 0.6) is 0 Å². The van der Waals surface area contributed by atoms with Gasteiger partial charge in [0.05, 0.1) is 10.2 Å². The molecule has 0 heterocycles. The third-order valence-electron chi connectivity index (χ3n) is 0. The first-order valence-electron chi connectivity index (χ1n) is 1.10. The minimum Gasteiger partial charge on any atom is -0.356 e. The molecule has 0 aromatic heterocycles. The Bertz CT molecular complexity index is 69.1. The monoisotopic (exact) mass is 204 g/mol. The summed E-state index contributed by atoms with van der Waals surface area (Å²) < 4.78 is 0. The van der Waals surface area contributed by atoms with Crippen molar-refractivity contribution in [3.05, 3.63) is 30.6 Å². The SMILES string of the molecule is O=[N+]([O-])[O-].O=[N+]([O-])[O-].[Se+2]. The summed E-state index contributed by atoms with van der Waals surface area (Å²) in [5.41, 5.74) is 0. The maximum absolute atomic E-state index is 8.25. The van der Waals surface area contributed by atoms with E-state index in [1.807, 2.05) is 0 Å². The van der Waals surface area contributed by atoms with E-state index in [0.29, 0.717) is 0 Å². The third-order valence-corrected chi connectivity index (χ3v) is 0. The molecule has 8 nitrogen and oxygen atoms in total. The largest absolute Gasteiger partial charge is 2.00 e. The number of rotatable bonds is 0. The Morgan fingerprint density at radius 3 is 0.778 bits per heavy atom. The molecule has 0 rings (SSSR count). The van der Waals surface area contributed by atoms with Gasteiger partial charge in [0.1, 0.15) is 0 Å². The van der Waals surface area contributed by atoms with Crippen molar-refractivity contribution in [2.75, 3.05) is 0 Å². The van der Waals surface area contributed by atoms with Crippen LogP contribution in [0.2, 0.25) is 0 Å². The molecule has 0 aromatic rings. The van der Waals surface area contributed by atoms with E-state index in [-0.39, 0.29) is 17.1 Å². The number of hydrogen-bond acceptors (Lipinski definition) is 6. The van der Waals surface area contributed by atoms with Gasteiger partial charge >= 0.3 is 17.1 Å². The molecule has 0 N–H and O–H groups in total. The fourth-order valence-corrected chi connectivity index (χ4v) is 0. The molecule has 4 radical (unpaired) electrons. The van der Waals surface area contributed by atoms with Crippen molar-refractivity contribution in [1.82, 2.24) is 0 Å². The van der Waals surface area contributed by atoms with E-state index in [4.69, 9.17) is 30.6 Å². The van der Waals surface area contributed by atoms with Crippen LogP contribution in [0.15, 0.2) is 0 Å². The van der Waals surface area contributed by atoms with Crippen molar-refractivity contribution in [3.8, 4) is 0 Å². The van der Waals surface area contributed by atoms with Crippen molar-refractivity contribution in [2.24, 2.45) is 0 Å². The zero-order valence-electron chi connectivity index (χ0n) is 3.75. The molecule has 0 saturated carbocycles. The molecule has 0 aliphatic rings. The minimum atomic E-state index is -1.75. The fourth-order valence-electron chi connectivity index (χ4n) is 0. The summed E-state index contributed by atoms with van der Waals surface area (Å²) in [6, 6.07) is 0. The van der Waals surface area contributed by atoms with Gasteiger partial charge in [-0.2, -0.15) is 0 Å². The first-order chi connectivity index (χ1) is 3.46. The van der Waals surface area contributed by atoms with Crippen LogP contribution >= 0.6 is 0 Å². The Morgan fingerprint density at radius 1 is 0.778 bits per heavy atom. The van der Waals surface area contributed by atoms with E-state index in [0.717, 1.165) is 0 Å². The molecule has 52 valence electrons. The van der Waals surface area contributed by atoms with Gasteiger partial charge in [-0.15, -0.1) is 0 Å². The smallest absolute Gasteiger partial charge is 0.356 e. The predicted molar refractivity (Wildman–Crippen MR) is 26.5 cm³/mol. The molecule has 9 heteroatoms. The molecule has 0 atom stereocenters. The summed E-state index contributed by atoms with van der Waals surface area (Å²) in [4.78, 5) is 16.5. The molecule has 9 heavy (non-hydrogen) atoms. The average molecular weight is 203 g/mol. The van der Waals surface area contributed by atoms with Crippen LogP contribution in [0, 0.1) is 30.6 Å². The topological polar surface area (TPSA) is 132 Å². The van der Waals surface area contributed by atoms with Crippen molar-refractivity contribution in [2.45, 2.75) is 0 Å². The van der Waals surface area contributed by atoms with Gasteiger partial charge in [-0.25, -0.2) is 0 Å². The second-order valence-corrected chi connectivity index (χ2v) is 0.447. The van der Waals surface area contributed by atoms with Crippen molar-refractivity contribution in [3.63, 3.8) is 0 Å². The Labute approximate surface area is 58.8 Å². The van der Waals surface area contributed by atoms with E-state index < -0.39 is 10.2 Å². The van der Waals surface area contributed by atoms with Gasteiger partial charge in [0, 0.05) is 0 Å². The molecule has 0 bridgehead atoms. The molecule has 0 fully saturated rings. The van der Waals surface area contributed by atoms with Gasteiger partial charge < -0.3 is 30.6 Å². The van der Waals surface area contributed by atoms with E-state index >= 15 is 0 Å². The van der Waals surface area contributed by atoms with E-state index in [9.17, 15) is 0 Å². The van der Waals surface area contributed by atoms with Crippen LogP contribution in [0.4, 0.5) is 0 Å². The van der Waals surface area contributed by atoms with Gasteiger partial charge in [-0.3, -0.25) is 0 Å². The zero-order valence-corrected chi connectivity index (χ0v) is 5.47. The maximum atomic E-state index is 8.25. The van der Waals surface area contributed by atoms with Crippen LogP contribution < -0.4 is 0 Å². The van der Waals surface area contributed by atoms with Gasteiger partial charge in [0.2, 0.25) is 0 Å². The normalized spacial score (nSPS) is 5.33. The summed E-state index contributed by atoms with van der Waals surface area (Å²) >= 11 is 0. The standard InChI is InChI=1S/2NO3.Se/c2*2-1(3)4;/q2*-1;+2. The molecule has 0 aliphatic carbocycles. The Morgan fingerprint density at radius 2 is 0.778 bits per heavy atom. The molecular formula is N2O6Se. The Balaban J connectivity index is -0.0000000720. The maximum Gasteiger partial charge on any atom is 2.00 e. The van der Waals surface area contributed by atoms with E-state index in [1.165, 1.54) is 0 Å². The van der Waals surface area contributed by atoms with Gasteiger partial charge in [0.25, 0.3) is 0 Å². The second-order valence-electron chi connectivity index (χ2n) is 0.447. The van der Waals surface area contributed by atoms with Crippen LogP contribution in [0.3, 0.4) is 0 Å². The van der Waals surface area contributed by atoms with Crippen molar-refractivity contribution >= 4 is 17.1 Å². The van der Waals surface area contributed by atoms with E-state index in [2.05, 4.69) is 0 Å². The predicted octanol–water partition coefficient (Wildman–Crippen LogP) is -0.859. The summed E-state index contributed by atoms with van der Waals surface area (Å²) in [6.45, 7) is 0. The minimum absolute atomic E-state index is 0. The van der Waals surface area contributed by atoms with Gasteiger partial charge in [0.15, 0.2) is 0 Å². The molecule has 0 aromatic carbocycles. The molecule has 0 spiro atoms. The molecule has 0 saturated heterocycles. The fraction of sp³-hybridized carbons (Fsp3) is 0. The summed E-state index contributed by atoms with van der Waals surface area (Å²) in [7, 11) is 0. The molecular weight excluding hydrogens is 203 g/mol. The average Bonchev–Trinajstić information content (AvgIpc) is 1.25. The molecule has 0 unspecified atom stereocenters. The van der Waals surface area contributed by atoms with Crippen molar-refractivity contribution < 1.29 is 10.2 Å². The van der Waals surface area contributed by atoms with Gasteiger partial charge in [-0.1, -0.05) is 0 Å². The Hall–Kier alpha value is -1.08. The summed E-state index contributed by atoms with van der Waals surface area (Å²) in [5.74, 6) is 0. The Kier molecular flexibility index (Phi) is 17.4.